The van der Waals surface area contributed by atoms with Crippen molar-refractivity contribution in [3.8, 4) is 11.3 Å². The molecule has 0 radical (unpaired) electrons. The molecule has 1 aromatic carbocycles. The molecule has 4 nitrogen and oxygen atoms in total. The molecule has 3 aromatic rings. The molecule has 19 heavy (non-hydrogen) atoms. The van der Waals surface area contributed by atoms with Crippen molar-refractivity contribution in [3.63, 3.8) is 0 Å². The maximum atomic E-state index is 6.22. The number of halogens is 2. The number of imidazole rings is 1. The van der Waals surface area contributed by atoms with Gasteiger partial charge in [-0.3, -0.25) is 9.38 Å². The van der Waals surface area contributed by atoms with Gasteiger partial charge in [-0.15, -0.1) is 0 Å². The van der Waals surface area contributed by atoms with Gasteiger partial charge in [-0.05, 0) is 25.1 Å². The number of fused-ring (bicyclic) bond motifs is 1. The fourth-order valence-corrected chi connectivity index (χ4v) is 2.48. The molecule has 0 atom stereocenters. The first-order chi connectivity index (χ1) is 9.08. The molecule has 3 rings (SSSR count). The maximum absolute atomic E-state index is 6.22. The van der Waals surface area contributed by atoms with Gasteiger partial charge in [-0.25, -0.2) is 4.98 Å². The highest BCUT2D eigenvalue weighted by molar-refractivity contribution is 6.36. The Balaban J connectivity index is 2.33. The summed E-state index contributed by atoms with van der Waals surface area (Å²) < 4.78 is 1.79. The van der Waals surface area contributed by atoms with Crippen molar-refractivity contribution in [2.24, 2.45) is 0 Å². The number of nitrogen functional groups attached to an aromatic ring is 1. The summed E-state index contributed by atoms with van der Waals surface area (Å²) in [5, 5.41) is 1.12. The molecule has 0 aliphatic heterocycles. The van der Waals surface area contributed by atoms with Crippen LogP contribution >= 0.6 is 23.2 Å². The van der Waals surface area contributed by atoms with Crippen molar-refractivity contribution in [2.75, 3.05) is 5.73 Å². The number of nitrogens with two attached hydrogens (primary N) is 1. The summed E-state index contributed by atoms with van der Waals surface area (Å²) in [5.41, 5.74) is 8.87. The van der Waals surface area contributed by atoms with Crippen LogP contribution in [-0.4, -0.2) is 14.4 Å². The number of aromatic nitrogens is 3. The van der Waals surface area contributed by atoms with E-state index in [0.717, 1.165) is 11.3 Å². The first kappa shape index (κ1) is 12.3. The van der Waals surface area contributed by atoms with Gasteiger partial charge in [0.2, 0.25) is 0 Å². The van der Waals surface area contributed by atoms with E-state index in [-0.39, 0.29) is 0 Å². The molecule has 0 aliphatic carbocycles. The molecule has 0 unspecified atom stereocenters. The molecule has 96 valence electrons. The predicted octanol–water partition coefficient (Wildman–Crippen LogP) is 3.59. The third-order valence-corrected chi connectivity index (χ3v) is 3.50. The van der Waals surface area contributed by atoms with Crippen LogP contribution in [0.1, 0.15) is 5.69 Å². The molecule has 0 fully saturated rings. The second-order valence-electron chi connectivity index (χ2n) is 4.18. The average Bonchev–Trinajstić information content (AvgIpc) is 2.66. The summed E-state index contributed by atoms with van der Waals surface area (Å²) in [6.07, 6.45) is 3.45. The average molecular weight is 293 g/mol. The van der Waals surface area contributed by atoms with Crippen LogP contribution in [0.4, 0.5) is 5.82 Å². The predicted molar refractivity (Wildman–Crippen MR) is 77.6 cm³/mol. The quantitative estimate of drug-likeness (QED) is 0.746. The Bertz CT molecular complexity index is 780. The maximum Gasteiger partial charge on any atom is 0.165 e. The standard InChI is InChI=1S/C13H10Cl2N4/c1-7-12(16)19-5-4-17-11(13(19)18-7)9-3-2-8(14)6-10(9)15/h2-6H,16H2,1H3. The molecular weight excluding hydrogens is 283 g/mol. The Labute approximate surface area is 119 Å². The van der Waals surface area contributed by atoms with Crippen molar-refractivity contribution in [1.29, 1.82) is 0 Å². The van der Waals surface area contributed by atoms with Crippen molar-refractivity contribution in [2.45, 2.75) is 6.92 Å². The zero-order valence-electron chi connectivity index (χ0n) is 10.1. The van der Waals surface area contributed by atoms with Crippen LogP contribution in [0, 0.1) is 6.92 Å². The third-order valence-electron chi connectivity index (χ3n) is 2.95. The lowest BCUT2D eigenvalue weighted by atomic mass is 10.1. The summed E-state index contributed by atoms with van der Waals surface area (Å²) in [7, 11) is 0. The van der Waals surface area contributed by atoms with Crippen LogP contribution in [0.3, 0.4) is 0 Å². The van der Waals surface area contributed by atoms with E-state index >= 15 is 0 Å². The van der Waals surface area contributed by atoms with E-state index < -0.39 is 0 Å². The van der Waals surface area contributed by atoms with E-state index in [4.69, 9.17) is 28.9 Å². The number of benzene rings is 1. The number of aryl methyl sites for hydroxylation is 1. The number of rotatable bonds is 1. The third kappa shape index (κ3) is 1.93. The van der Waals surface area contributed by atoms with Crippen LogP contribution in [-0.2, 0) is 0 Å². The molecule has 0 saturated carbocycles. The van der Waals surface area contributed by atoms with Crippen LogP contribution in [0.15, 0.2) is 30.6 Å². The molecule has 2 aromatic heterocycles. The SMILES string of the molecule is Cc1nc2c(-c3ccc(Cl)cc3Cl)nccn2c1N. The van der Waals surface area contributed by atoms with E-state index in [1.165, 1.54) is 0 Å². The van der Waals surface area contributed by atoms with Gasteiger partial charge in [0.05, 0.1) is 10.7 Å². The van der Waals surface area contributed by atoms with Gasteiger partial charge in [-0.2, -0.15) is 0 Å². The summed E-state index contributed by atoms with van der Waals surface area (Å²) in [4.78, 5) is 8.79. The summed E-state index contributed by atoms with van der Waals surface area (Å²) >= 11 is 12.1. The summed E-state index contributed by atoms with van der Waals surface area (Å²) in [6.45, 7) is 1.86. The molecule has 0 aliphatic rings. The zero-order valence-corrected chi connectivity index (χ0v) is 11.6. The molecule has 6 heteroatoms. The van der Waals surface area contributed by atoms with Crippen molar-refractivity contribution < 1.29 is 0 Å². The minimum absolute atomic E-state index is 0.535. The lowest BCUT2D eigenvalue weighted by Crippen LogP contribution is -1.96. The van der Waals surface area contributed by atoms with Gasteiger partial charge in [-0.1, -0.05) is 23.2 Å². The smallest absolute Gasteiger partial charge is 0.165 e. The lowest BCUT2D eigenvalue weighted by Gasteiger charge is -2.05. The topological polar surface area (TPSA) is 56.2 Å². The molecule has 0 saturated heterocycles. The number of hydrogen-bond acceptors (Lipinski definition) is 3. The second kappa shape index (κ2) is 4.40. The van der Waals surface area contributed by atoms with Crippen molar-refractivity contribution in [3.05, 3.63) is 46.3 Å². The highest BCUT2D eigenvalue weighted by atomic mass is 35.5. The van der Waals surface area contributed by atoms with Gasteiger partial charge in [0.1, 0.15) is 11.5 Å². The summed E-state index contributed by atoms with van der Waals surface area (Å²) in [6, 6.07) is 5.28. The Morgan fingerprint density at radius 1 is 1.26 bits per heavy atom. The number of anilines is 1. The van der Waals surface area contributed by atoms with E-state index in [2.05, 4.69) is 9.97 Å². The monoisotopic (exact) mass is 292 g/mol. The van der Waals surface area contributed by atoms with Crippen LogP contribution < -0.4 is 5.73 Å². The lowest BCUT2D eigenvalue weighted by molar-refractivity contribution is 1.14. The van der Waals surface area contributed by atoms with E-state index in [0.29, 0.717) is 27.2 Å². The minimum Gasteiger partial charge on any atom is -0.383 e. The van der Waals surface area contributed by atoms with Crippen molar-refractivity contribution >= 4 is 34.7 Å². The minimum atomic E-state index is 0.535. The zero-order chi connectivity index (χ0) is 13.6. The highest BCUT2D eigenvalue weighted by Crippen LogP contribution is 2.32. The Morgan fingerprint density at radius 2 is 2.05 bits per heavy atom. The van der Waals surface area contributed by atoms with E-state index in [1.54, 1.807) is 28.9 Å². The highest BCUT2D eigenvalue weighted by Gasteiger charge is 2.14. The van der Waals surface area contributed by atoms with E-state index in [1.807, 2.05) is 13.0 Å². The van der Waals surface area contributed by atoms with E-state index in [9.17, 15) is 0 Å². The normalized spacial score (nSPS) is 11.1. The summed E-state index contributed by atoms with van der Waals surface area (Å²) in [5.74, 6) is 0.601. The second-order valence-corrected chi connectivity index (χ2v) is 5.02. The van der Waals surface area contributed by atoms with Gasteiger partial charge in [0.25, 0.3) is 0 Å². The first-order valence-electron chi connectivity index (χ1n) is 5.62. The van der Waals surface area contributed by atoms with Crippen LogP contribution in [0.2, 0.25) is 10.0 Å². The molecule has 0 spiro atoms. The largest absolute Gasteiger partial charge is 0.383 e. The Hall–Kier alpha value is -1.78. The molecule has 2 N–H and O–H groups in total. The fraction of sp³-hybridized carbons (Fsp3) is 0.0769. The van der Waals surface area contributed by atoms with Crippen molar-refractivity contribution in [1.82, 2.24) is 14.4 Å². The molecular formula is C13H10Cl2N4. The van der Waals surface area contributed by atoms with Gasteiger partial charge in [0, 0.05) is 23.0 Å². The van der Waals surface area contributed by atoms with Crippen LogP contribution in [0.25, 0.3) is 16.9 Å². The fourth-order valence-electron chi connectivity index (χ4n) is 1.98. The number of nitrogens with zero attached hydrogens (tertiary/aromatic N) is 3. The molecule has 0 bridgehead atoms. The van der Waals surface area contributed by atoms with Gasteiger partial charge < -0.3 is 5.73 Å². The molecule has 0 amide bonds. The Morgan fingerprint density at radius 3 is 2.79 bits per heavy atom. The van der Waals surface area contributed by atoms with Gasteiger partial charge in [0.15, 0.2) is 5.65 Å². The number of hydrogen-bond donors (Lipinski definition) is 1. The first-order valence-corrected chi connectivity index (χ1v) is 6.38. The van der Waals surface area contributed by atoms with Crippen LogP contribution in [0.5, 0.6) is 0 Å². The Kier molecular flexibility index (Phi) is 2.84. The molecule has 2 heterocycles. The van der Waals surface area contributed by atoms with Gasteiger partial charge >= 0.3 is 0 Å².